The zero-order valence-corrected chi connectivity index (χ0v) is 19.1. The molecule has 2 aromatic heterocycles. The van der Waals surface area contributed by atoms with Crippen molar-refractivity contribution < 1.29 is 23.9 Å². The van der Waals surface area contributed by atoms with Crippen molar-refractivity contribution in [3.8, 4) is 45.5 Å². The van der Waals surface area contributed by atoms with Crippen molar-refractivity contribution in [2.75, 3.05) is 28.4 Å². The van der Waals surface area contributed by atoms with Gasteiger partial charge in [0.05, 0.1) is 57.2 Å². The maximum Gasteiger partial charge on any atom is 0.389 e. The van der Waals surface area contributed by atoms with Crippen LogP contribution in [0.4, 0.5) is 5.82 Å². The lowest BCUT2D eigenvalue weighted by atomic mass is 10.1. The van der Waals surface area contributed by atoms with Gasteiger partial charge >= 0.3 is 5.82 Å². The molecule has 0 saturated carbocycles. The number of benzene rings is 2. The average Bonchev–Trinajstić information content (AvgIpc) is 3.51. The molecule has 0 bridgehead atoms. The molecule has 176 valence electrons. The molecule has 0 aliphatic heterocycles. The first-order valence-corrected chi connectivity index (χ1v) is 10.2. The largest absolute Gasteiger partial charge is 0.493 e. The Hall–Kier alpha value is -4.54. The van der Waals surface area contributed by atoms with Crippen LogP contribution in [0.2, 0.25) is 0 Å². The smallest absolute Gasteiger partial charge is 0.389 e. The number of methoxy groups -OCH3 is 4. The third-order valence-corrected chi connectivity index (χ3v) is 5.23. The summed E-state index contributed by atoms with van der Waals surface area (Å²) in [5.41, 5.74) is 3.05. The van der Waals surface area contributed by atoms with Crippen LogP contribution in [-0.4, -0.2) is 52.9 Å². The summed E-state index contributed by atoms with van der Waals surface area (Å²) in [5, 5.41) is 19.8. The zero-order valence-electron chi connectivity index (χ0n) is 19.1. The predicted molar refractivity (Wildman–Crippen MR) is 124 cm³/mol. The minimum Gasteiger partial charge on any atom is -0.493 e. The molecule has 34 heavy (non-hydrogen) atoms. The van der Waals surface area contributed by atoms with Gasteiger partial charge in [-0.3, -0.25) is 0 Å². The topological polar surface area (TPSA) is 116 Å². The Morgan fingerprint density at radius 3 is 1.94 bits per heavy atom. The van der Waals surface area contributed by atoms with E-state index in [4.69, 9.17) is 24.0 Å². The third-order valence-electron chi connectivity index (χ3n) is 5.23. The minimum atomic E-state index is -0.538. The van der Waals surface area contributed by atoms with Gasteiger partial charge in [0, 0.05) is 11.1 Å². The summed E-state index contributed by atoms with van der Waals surface area (Å²) in [4.78, 5) is 10.5. The van der Waals surface area contributed by atoms with Crippen molar-refractivity contribution in [1.82, 2.24) is 19.6 Å². The van der Waals surface area contributed by atoms with E-state index in [1.807, 2.05) is 30.3 Å². The predicted octanol–water partition coefficient (Wildman–Crippen LogP) is 3.86. The average molecular weight is 465 g/mol. The number of aromatic nitrogens is 4. The van der Waals surface area contributed by atoms with Crippen LogP contribution in [0.25, 0.3) is 22.5 Å². The summed E-state index contributed by atoms with van der Waals surface area (Å²) < 4.78 is 24.7. The summed E-state index contributed by atoms with van der Waals surface area (Å²) >= 11 is 0. The van der Waals surface area contributed by atoms with E-state index < -0.39 is 4.92 Å². The lowest BCUT2D eigenvalue weighted by molar-refractivity contribution is -0.389. The molecule has 11 heteroatoms. The molecular weight excluding hydrogens is 442 g/mol. The van der Waals surface area contributed by atoms with Gasteiger partial charge in [-0.15, -0.1) is 0 Å². The van der Waals surface area contributed by atoms with E-state index in [0.717, 1.165) is 16.8 Å². The molecule has 0 saturated heterocycles. The molecule has 0 unspecified atom stereocenters. The molecule has 11 nitrogen and oxygen atoms in total. The second-order valence-corrected chi connectivity index (χ2v) is 7.17. The van der Waals surface area contributed by atoms with Gasteiger partial charge in [-0.2, -0.15) is 9.78 Å². The Kier molecular flexibility index (Phi) is 6.35. The van der Waals surface area contributed by atoms with Gasteiger partial charge < -0.3 is 29.1 Å². The van der Waals surface area contributed by atoms with Gasteiger partial charge in [0.1, 0.15) is 0 Å². The lowest BCUT2D eigenvalue weighted by Crippen LogP contribution is -2.11. The van der Waals surface area contributed by atoms with Gasteiger partial charge in [0.2, 0.25) is 0 Å². The van der Waals surface area contributed by atoms with Crippen molar-refractivity contribution in [2.45, 2.75) is 6.67 Å². The number of hydrogen-bond acceptors (Lipinski definition) is 8. The van der Waals surface area contributed by atoms with Crippen LogP contribution < -0.4 is 18.9 Å². The Morgan fingerprint density at radius 2 is 1.38 bits per heavy atom. The number of rotatable bonds is 9. The Labute approximate surface area is 195 Å². The first kappa shape index (κ1) is 22.6. The summed E-state index contributed by atoms with van der Waals surface area (Å²) in [6.45, 7) is 0.158. The van der Waals surface area contributed by atoms with Crippen molar-refractivity contribution in [3.63, 3.8) is 0 Å². The molecular formula is C23H23N5O6. The third kappa shape index (κ3) is 4.35. The van der Waals surface area contributed by atoms with E-state index in [1.54, 1.807) is 45.3 Å². The first-order chi connectivity index (χ1) is 16.5. The molecule has 0 N–H and O–H groups in total. The molecule has 0 radical (unpaired) electrons. The summed E-state index contributed by atoms with van der Waals surface area (Å²) in [5.74, 6) is 2.11. The van der Waals surface area contributed by atoms with Crippen molar-refractivity contribution in [1.29, 1.82) is 0 Å². The van der Waals surface area contributed by atoms with Crippen LogP contribution in [0.1, 0.15) is 0 Å². The Bertz CT molecular complexity index is 1330. The van der Waals surface area contributed by atoms with E-state index in [2.05, 4.69) is 5.10 Å². The van der Waals surface area contributed by atoms with Crippen LogP contribution in [0.15, 0.2) is 54.7 Å². The fourth-order valence-electron chi connectivity index (χ4n) is 3.55. The van der Waals surface area contributed by atoms with E-state index in [0.29, 0.717) is 28.7 Å². The normalized spacial score (nSPS) is 10.7. The second-order valence-electron chi connectivity index (χ2n) is 7.17. The number of hydrogen-bond donors (Lipinski definition) is 0. The standard InChI is InChI=1S/C23H23N5O6/c1-31-19-7-5-15(11-21(19)33-3)17-13-18(16-6-8-20(32-2)22(12-16)34-4)27(24-17)14-26-10-9-23(25-26)28(29)30/h5-13H,14H2,1-4H3. The molecule has 4 rings (SSSR count). The molecule has 0 atom stereocenters. The molecule has 0 aliphatic rings. The second kappa shape index (κ2) is 9.53. The highest BCUT2D eigenvalue weighted by Crippen LogP contribution is 2.36. The molecule has 0 spiro atoms. The van der Waals surface area contributed by atoms with E-state index in [-0.39, 0.29) is 12.5 Å². The van der Waals surface area contributed by atoms with Gasteiger partial charge in [-0.25, -0.2) is 4.68 Å². The fourth-order valence-corrected chi connectivity index (χ4v) is 3.55. The van der Waals surface area contributed by atoms with Crippen LogP contribution in [0.3, 0.4) is 0 Å². The van der Waals surface area contributed by atoms with Gasteiger partial charge in [-0.1, -0.05) is 0 Å². The van der Waals surface area contributed by atoms with Crippen LogP contribution in [0, 0.1) is 10.1 Å². The first-order valence-electron chi connectivity index (χ1n) is 10.2. The van der Waals surface area contributed by atoms with E-state index in [9.17, 15) is 10.1 Å². The summed E-state index contributed by atoms with van der Waals surface area (Å²) in [6, 6.07) is 14.3. The lowest BCUT2D eigenvalue weighted by Gasteiger charge is -2.10. The number of nitrogens with zero attached hydrogens (tertiary/aromatic N) is 5. The summed E-state index contributed by atoms with van der Waals surface area (Å²) in [7, 11) is 6.28. The molecule has 0 aliphatic carbocycles. The summed E-state index contributed by atoms with van der Waals surface area (Å²) in [6.07, 6.45) is 1.54. The molecule has 4 aromatic rings. The van der Waals surface area contributed by atoms with Gasteiger partial charge in [0.15, 0.2) is 29.7 Å². The van der Waals surface area contributed by atoms with Crippen molar-refractivity contribution in [2.24, 2.45) is 0 Å². The van der Waals surface area contributed by atoms with Crippen LogP contribution in [-0.2, 0) is 6.67 Å². The van der Waals surface area contributed by atoms with Crippen molar-refractivity contribution in [3.05, 3.63) is 64.8 Å². The highest BCUT2D eigenvalue weighted by molar-refractivity contribution is 5.72. The zero-order chi connectivity index (χ0) is 24.2. The van der Waals surface area contributed by atoms with E-state index >= 15 is 0 Å². The Morgan fingerprint density at radius 1 is 0.794 bits per heavy atom. The molecule has 2 aromatic carbocycles. The Balaban J connectivity index is 1.81. The quantitative estimate of drug-likeness (QED) is 0.270. The highest BCUT2D eigenvalue weighted by Gasteiger charge is 2.18. The molecule has 2 heterocycles. The maximum atomic E-state index is 11.0. The fraction of sp³-hybridized carbons (Fsp3) is 0.217. The minimum absolute atomic E-state index is 0.158. The highest BCUT2D eigenvalue weighted by atomic mass is 16.6. The monoisotopic (exact) mass is 465 g/mol. The molecule has 0 amide bonds. The van der Waals surface area contributed by atoms with Crippen LogP contribution in [0.5, 0.6) is 23.0 Å². The van der Waals surface area contributed by atoms with Crippen molar-refractivity contribution >= 4 is 5.82 Å². The number of ether oxygens (including phenoxy) is 4. The molecule has 0 fully saturated rings. The van der Waals surface area contributed by atoms with Gasteiger partial charge in [0.25, 0.3) is 0 Å². The SMILES string of the molecule is COc1ccc(-c2cc(-c3ccc(OC)c(OC)c3)n(Cn3ccc([N+](=O)[O-])n3)n2)cc1OC. The van der Waals surface area contributed by atoms with Crippen LogP contribution >= 0.6 is 0 Å². The van der Waals surface area contributed by atoms with E-state index in [1.165, 1.54) is 16.9 Å². The van der Waals surface area contributed by atoms with Gasteiger partial charge in [-0.05, 0) is 47.4 Å². The maximum absolute atomic E-state index is 11.0. The number of nitro groups is 1.